The number of fused-ring (bicyclic) bond motifs is 1. The summed E-state index contributed by atoms with van der Waals surface area (Å²) < 4.78 is 11.8. The lowest BCUT2D eigenvalue weighted by atomic mass is 9.95. The summed E-state index contributed by atoms with van der Waals surface area (Å²) in [5.41, 5.74) is 2.22. The maximum atomic E-state index is 12.2. The van der Waals surface area contributed by atoms with Gasteiger partial charge in [-0.05, 0) is 12.5 Å². The molecule has 0 unspecified atom stereocenters. The third-order valence-corrected chi connectivity index (χ3v) is 3.70. The SMILES string of the molecule is CCCCO[C@]1(c2ccccc2)OC(=O)c2ccccc21. The van der Waals surface area contributed by atoms with Crippen LogP contribution in [0.1, 0.15) is 41.3 Å². The largest absolute Gasteiger partial charge is 0.420 e. The minimum Gasteiger partial charge on any atom is -0.420 e. The Balaban J connectivity index is 2.08. The van der Waals surface area contributed by atoms with Crippen LogP contribution in [0.3, 0.4) is 0 Å². The third-order valence-electron chi connectivity index (χ3n) is 3.70. The molecular formula is C18H18O3. The van der Waals surface area contributed by atoms with Crippen molar-refractivity contribution >= 4 is 5.97 Å². The third kappa shape index (κ3) is 2.34. The molecule has 1 heterocycles. The summed E-state index contributed by atoms with van der Waals surface area (Å²) in [5.74, 6) is -1.43. The van der Waals surface area contributed by atoms with Crippen LogP contribution in [-0.2, 0) is 15.3 Å². The number of esters is 1. The molecule has 2 aromatic carbocycles. The molecule has 3 rings (SSSR count). The fraction of sp³-hybridized carbons (Fsp3) is 0.278. The van der Waals surface area contributed by atoms with Crippen molar-refractivity contribution in [2.75, 3.05) is 6.61 Å². The topological polar surface area (TPSA) is 35.5 Å². The van der Waals surface area contributed by atoms with E-state index in [0.717, 1.165) is 24.0 Å². The van der Waals surface area contributed by atoms with E-state index in [9.17, 15) is 4.79 Å². The van der Waals surface area contributed by atoms with E-state index in [4.69, 9.17) is 9.47 Å². The molecule has 1 aliphatic heterocycles. The van der Waals surface area contributed by atoms with E-state index in [-0.39, 0.29) is 5.97 Å². The average molecular weight is 282 g/mol. The molecule has 0 fully saturated rings. The molecule has 0 amide bonds. The first-order valence-electron chi connectivity index (χ1n) is 7.30. The van der Waals surface area contributed by atoms with Gasteiger partial charge in [0.2, 0.25) is 0 Å². The van der Waals surface area contributed by atoms with Crippen molar-refractivity contribution in [3.8, 4) is 0 Å². The molecule has 0 bridgehead atoms. The maximum Gasteiger partial charge on any atom is 0.341 e. The van der Waals surface area contributed by atoms with Gasteiger partial charge >= 0.3 is 5.97 Å². The summed E-state index contributed by atoms with van der Waals surface area (Å²) in [6.45, 7) is 2.65. The zero-order chi connectivity index (χ0) is 14.7. The predicted molar refractivity (Wildman–Crippen MR) is 79.9 cm³/mol. The maximum absolute atomic E-state index is 12.2. The van der Waals surface area contributed by atoms with Crippen molar-refractivity contribution in [1.82, 2.24) is 0 Å². The van der Waals surface area contributed by atoms with Gasteiger partial charge in [-0.2, -0.15) is 0 Å². The second kappa shape index (κ2) is 5.70. The van der Waals surface area contributed by atoms with Gasteiger partial charge in [0, 0.05) is 11.1 Å². The smallest absolute Gasteiger partial charge is 0.341 e. The highest BCUT2D eigenvalue weighted by Crippen LogP contribution is 2.42. The van der Waals surface area contributed by atoms with Crippen LogP contribution in [0.5, 0.6) is 0 Å². The Hall–Kier alpha value is -2.13. The van der Waals surface area contributed by atoms with Gasteiger partial charge in [-0.25, -0.2) is 4.79 Å². The number of unbranched alkanes of at least 4 members (excludes halogenated alkanes) is 1. The van der Waals surface area contributed by atoms with Gasteiger partial charge in [-0.1, -0.05) is 61.9 Å². The Morgan fingerprint density at radius 2 is 1.76 bits per heavy atom. The molecule has 3 nitrogen and oxygen atoms in total. The predicted octanol–water partition coefficient (Wildman–Crippen LogP) is 3.87. The van der Waals surface area contributed by atoms with E-state index >= 15 is 0 Å². The summed E-state index contributed by atoms with van der Waals surface area (Å²) in [6.07, 6.45) is 1.95. The van der Waals surface area contributed by atoms with Crippen LogP contribution in [0.15, 0.2) is 54.6 Å². The summed E-state index contributed by atoms with van der Waals surface area (Å²) in [7, 11) is 0. The normalized spacial score (nSPS) is 20.1. The highest BCUT2D eigenvalue weighted by Gasteiger charge is 2.48. The molecule has 108 valence electrons. The molecule has 21 heavy (non-hydrogen) atoms. The highest BCUT2D eigenvalue weighted by molar-refractivity contribution is 5.95. The monoisotopic (exact) mass is 282 g/mol. The van der Waals surface area contributed by atoms with Gasteiger partial charge in [-0.3, -0.25) is 0 Å². The minimum atomic E-state index is -1.11. The number of ether oxygens (including phenoxy) is 2. The van der Waals surface area contributed by atoms with Crippen molar-refractivity contribution < 1.29 is 14.3 Å². The summed E-state index contributed by atoms with van der Waals surface area (Å²) in [4.78, 5) is 12.2. The van der Waals surface area contributed by atoms with Crippen LogP contribution in [-0.4, -0.2) is 12.6 Å². The molecular weight excluding hydrogens is 264 g/mol. The molecule has 0 aromatic heterocycles. The van der Waals surface area contributed by atoms with E-state index in [0.29, 0.717) is 12.2 Å². The van der Waals surface area contributed by atoms with E-state index in [1.807, 2.05) is 48.5 Å². The quantitative estimate of drug-likeness (QED) is 0.617. The van der Waals surface area contributed by atoms with Crippen LogP contribution in [0.25, 0.3) is 0 Å². The van der Waals surface area contributed by atoms with Crippen molar-refractivity contribution in [3.63, 3.8) is 0 Å². The van der Waals surface area contributed by atoms with Gasteiger partial charge in [0.25, 0.3) is 5.79 Å². The van der Waals surface area contributed by atoms with Crippen molar-refractivity contribution in [2.24, 2.45) is 0 Å². The lowest BCUT2D eigenvalue weighted by Gasteiger charge is -2.29. The molecule has 3 heteroatoms. The van der Waals surface area contributed by atoms with Crippen LogP contribution >= 0.6 is 0 Å². The lowest BCUT2D eigenvalue weighted by molar-refractivity contribution is -0.174. The van der Waals surface area contributed by atoms with Crippen molar-refractivity contribution in [2.45, 2.75) is 25.6 Å². The summed E-state index contributed by atoms with van der Waals surface area (Å²) in [5, 5.41) is 0. The molecule has 0 N–H and O–H groups in total. The van der Waals surface area contributed by atoms with Crippen LogP contribution in [0.2, 0.25) is 0 Å². The van der Waals surface area contributed by atoms with E-state index < -0.39 is 5.79 Å². The van der Waals surface area contributed by atoms with Crippen LogP contribution < -0.4 is 0 Å². The number of hydrogen-bond acceptors (Lipinski definition) is 3. The number of carbonyl (C=O) groups is 1. The molecule has 0 radical (unpaired) electrons. The molecule has 1 aliphatic rings. The molecule has 2 aromatic rings. The average Bonchev–Trinajstić information content (AvgIpc) is 2.83. The van der Waals surface area contributed by atoms with Gasteiger partial charge < -0.3 is 9.47 Å². The fourth-order valence-electron chi connectivity index (χ4n) is 2.61. The first kappa shape index (κ1) is 13.8. The van der Waals surface area contributed by atoms with Gasteiger partial charge in [0.1, 0.15) is 0 Å². The standard InChI is InChI=1S/C18H18O3/c1-2-3-13-20-18(14-9-5-4-6-10-14)16-12-8-7-11-15(16)17(19)21-18/h4-12H,2-3,13H2,1H3/t18-/m1/s1. The molecule has 1 atom stereocenters. The van der Waals surface area contributed by atoms with Gasteiger partial charge in [-0.15, -0.1) is 0 Å². The second-order valence-corrected chi connectivity index (χ2v) is 5.12. The first-order valence-corrected chi connectivity index (χ1v) is 7.30. The number of cyclic esters (lactones) is 1. The first-order chi connectivity index (χ1) is 10.3. The molecule has 0 saturated heterocycles. The Morgan fingerprint density at radius 3 is 2.52 bits per heavy atom. The number of rotatable bonds is 5. The van der Waals surface area contributed by atoms with Gasteiger partial charge in [0.05, 0.1) is 12.2 Å². The summed E-state index contributed by atoms with van der Waals surface area (Å²) >= 11 is 0. The van der Waals surface area contributed by atoms with Crippen LogP contribution in [0, 0.1) is 0 Å². The highest BCUT2D eigenvalue weighted by atomic mass is 16.7. The zero-order valence-electron chi connectivity index (χ0n) is 12.0. The Morgan fingerprint density at radius 1 is 1.05 bits per heavy atom. The van der Waals surface area contributed by atoms with E-state index in [1.165, 1.54) is 0 Å². The van der Waals surface area contributed by atoms with Crippen LogP contribution in [0.4, 0.5) is 0 Å². The van der Waals surface area contributed by atoms with Crippen molar-refractivity contribution in [1.29, 1.82) is 0 Å². The zero-order valence-corrected chi connectivity index (χ0v) is 12.0. The molecule has 0 saturated carbocycles. The van der Waals surface area contributed by atoms with Crippen molar-refractivity contribution in [3.05, 3.63) is 71.3 Å². The number of hydrogen-bond donors (Lipinski definition) is 0. The van der Waals surface area contributed by atoms with Gasteiger partial charge in [0.15, 0.2) is 0 Å². The minimum absolute atomic E-state index is 0.328. The molecule has 0 spiro atoms. The number of carbonyl (C=O) groups excluding carboxylic acids is 1. The van der Waals surface area contributed by atoms with E-state index in [2.05, 4.69) is 6.92 Å². The fourth-order valence-corrected chi connectivity index (χ4v) is 2.61. The molecule has 0 aliphatic carbocycles. The Bertz CT molecular complexity index is 636. The second-order valence-electron chi connectivity index (χ2n) is 5.12. The van der Waals surface area contributed by atoms with E-state index in [1.54, 1.807) is 6.07 Å². The number of benzene rings is 2. The Kier molecular flexibility index (Phi) is 3.76. The Labute approximate surface area is 124 Å². The summed E-state index contributed by atoms with van der Waals surface area (Å²) in [6, 6.07) is 17.1. The lowest BCUT2D eigenvalue weighted by Crippen LogP contribution is -2.32.